The highest BCUT2D eigenvalue weighted by Crippen LogP contribution is 2.13. The first-order valence-electron chi connectivity index (χ1n) is 6.67. The Morgan fingerprint density at radius 3 is 2.39 bits per heavy atom. The number of hydrogen-bond donors (Lipinski definition) is 0. The van der Waals surface area contributed by atoms with Crippen molar-refractivity contribution in [3.8, 4) is 6.07 Å². The molecule has 0 radical (unpaired) electrons. The molecule has 0 heterocycles. The van der Waals surface area contributed by atoms with Crippen molar-refractivity contribution >= 4 is 17.7 Å². The first-order valence-corrected chi connectivity index (χ1v) is 6.67. The molecule has 2 rings (SSSR count). The van der Waals surface area contributed by atoms with Crippen LogP contribution in [-0.2, 0) is 16.1 Å². The SMILES string of the molecule is N#Cc1ccc(COC(=O)C=Cc2ccc([N+](=O)[O-])cc2)cc1. The van der Waals surface area contributed by atoms with Gasteiger partial charge in [0.05, 0.1) is 16.6 Å². The molecule has 0 bridgehead atoms. The van der Waals surface area contributed by atoms with Gasteiger partial charge in [0, 0.05) is 18.2 Å². The van der Waals surface area contributed by atoms with Crippen molar-refractivity contribution in [3.05, 3.63) is 81.4 Å². The number of nitro benzene ring substituents is 1. The molecule has 0 saturated heterocycles. The van der Waals surface area contributed by atoms with E-state index in [1.54, 1.807) is 36.4 Å². The summed E-state index contributed by atoms with van der Waals surface area (Å²) in [6.07, 6.45) is 2.77. The number of nitro groups is 1. The van der Waals surface area contributed by atoms with Crippen molar-refractivity contribution in [1.29, 1.82) is 5.26 Å². The van der Waals surface area contributed by atoms with Gasteiger partial charge in [-0.3, -0.25) is 10.1 Å². The van der Waals surface area contributed by atoms with Crippen molar-refractivity contribution in [1.82, 2.24) is 0 Å². The minimum Gasteiger partial charge on any atom is -0.458 e. The molecule has 0 aromatic heterocycles. The molecule has 0 aliphatic carbocycles. The lowest BCUT2D eigenvalue weighted by atomic mass is 10.1. The molecule has 0 spiro atoms. The van der Waals surface area contributed by atoms with Crippen molar-refractivity contribution in [2.24, 2.45) is 0 Å². The topological polar surface area (TPSA) is 93.2 Å². The normalized spacial score (nSPS) is 10.2. The number of benzene rings is 2. The Kier molecular flexibility index (Phi) is 5.21. The van der Waals surface area contributed by atoms with Crippen molar-refractivity contribution in [2.45, 2.75) is 6.61 Å². The fourth-order valence-corrected chi connectivity index (χ4v) is 1.75. The van der Waals surface area contributed by atoms with E-state index in [9.17, 15) is 14.9 Å². The Balaban J connectivity index is 1.88. The van der Waals surface area contributed by atoms with Crippen LogP contribution in [0.3, 0.4) is 0 Å². The molecule has 0 atom stereocenters. The summed E-state index contributed by atoms with van der Waals surface area (Å²) in [6, 6.07) is 14.5. The van der Waals surface area contributed by atoms with Crippen LogP contribution in [0.25, 0.3) is 6.08 Å². The van der Waals surface area contributed by atoms with Crippen LogP contribution in [-0.4, -0.2) is 10.9 Å². The van der Waals surface area contributed by atoms with Gasteiger partial charge in [-0.2, -0.15) is 5.26 Å². The van der Waals surface area contributed by atoms with Gasteiger partial charge in [-0.1, -0.05) is 12.1 Å². The second-order valence-corrected chi connectivity index (χ2v) is 4.60. The van der Waals surface area contributed by atoms with E-state index in [0.717, 1.165) is 5.56 Å². The number of non-ortho nitro benzene ring substituents is 1. The second kappa shape index (κ2) is 7.52. The summed E-state index contributed by atoms with van der Waals surface area (Å²) >= 11 is 0. The molecule has 23 heavy (non-hydrogen) atoms. The van der Waals surface area contributed by atoms with Crippen LogP contribution in [0, 0.1) is 21.4 Å². The third-order valence-corrected chi connectivity index (χ3v) is 2.98. The lowest BCUT2D eigenvalue weighted by molar-refractivity contribution is -0.384. The maximum absolute atomic E-state index is 11.6. The molecule has 2 aromatic carbocycles. The van der Waals surface area contributed by atoms with E-state index < -0.39 is 10.9 Å². The smallest absolute Gasteiger partial charge is 0.331 e. The van der Waals surface area contributed by atoms with Gasteiger partial charge in [0.15, 0.2) is 0 Å². The Morgan fingerprint density at radius 2 is 1.83 bits per heavy atom. The zero-order valence-electron chi connectivity index (χ0n) is 12.0. The predicted molar refractivity (Wildman–Crippen MR) is 83.1 cm³/mol. The van der Waals surface area contributed by atoms with E-state index >= 15 is 0 Å². The fraction of sp³-hybridized carbons (Fsp3) is 0.0588. The third-order valence-electron chi connectivity index (χ3n) is 2.98. The van der Waals surface area contributed by atoms with Gasteiger partial charge < -0.3 is 4.74 Å². The van der Waals surface area contributed by atoms with E-state index in [-0.39, 0.29) is 12.3 Å². The van der Waals surface area contributed by atoms with E-state index in [1.165, 1.54) is 24.3 Å². The maximum Gasteiger partial charge on any atom is 0.331 e. The predicted octanol–water partition coefficient (Wildman–Crippen LogP) is 3.22. The third kappa shape index (κ3) is 4.79. The average Bonchev–Trinajstić information content (AvgIpc) is 2.59. The Morgan fingerprint density at radius 1 is 1.17 bits per heavy atom. The number of hydrogen-bond acceptors (Lipinski definition) is 5. The Labute approximate surface area is 132 Å². The lowest BCUT2D eigenvalue weighted by Crippen LogP contribution is -2.00. The molecule has 0 aliphatic rings. The summed E-state index contributed by atoms with van der Waals surface area (Å²) in [5.41, 5.74) is 1.97. The molecule has 114 valence electrons. The molecular formula is C17H12N2O4. The number of carbonyl (C=O) groups is 1. The minimum atomic E-state index is -0.521. The number of rotatable bonds is 5. The molecule has 0 amide bonds. The summed E-state index contributed by atoms with van der Waals surface area (Å²) in [7, 11) is 0. The van der Waals surface area contributed by atoms with E-state index in [1.807, 2.05) is 6.07 Å². The molecule has 6 nitrogen and oxygen atoms in total. The quantitative estimate of drug-likeness (QED) is 0.366. The van der Waals surface area contributed by atoms with Crippen LogP contribution in [0.15, 0.2) is 54.6 Å². The zero-order valence-corrected chi connectivity index (χ0v) is 12.0. The number of nitrogens with zero attached hydrogens (tertiary/aromatic N) is 2. The van der Waals surface area contributed by atoms with Gasteiger partial charge in [0.1, 0.15) is 6.61 Å². The highest BCUT2D eigenvalue weighted by molar-refractivity contribution is 5.87. The van der Waals surface area contributed by atoms with Gasteiger partial charge in [-0.25, -0.2) is 4.79 Å². The zero-order chi connectivity index (χ0) is 16.7. The summed E-state index contributed by atoms with van der Waals surface area (Å²) in [4.78, 5) is 21.7. The van der Waals surface area contributed by atoms with Crippen LogP contribution >= 0.6 is 0 Å². The summed E-state index contributed by atoms with van der Waals surface area (Å²) in [6.45, 7) is 0.106. The van der Waals surface area contributed by atoms with Crippen molar-refractivity contribution in [3.63, 3.8) is 0 Å². The standard InChI is InChI=1S/C17H12N2O4/c18-11-14-1-3-15(4-2-14)12-23-17(20)10-7-13-5-8-16(9-6-13)19(21)22/h1-10H,12H2. The Hall–Kier alpha value is -3.46. The molecule has 0 unspecified atom stereocenters. The average molecular weight is 308 g/mol. The minimum absolute atomic E-state index is 0.00876. The van der Waals surface area contributed by atoms with E-state index in [4.69, 9.17) is 10.00 Å². The van der Waals surface area contributed by atoms with E-state index in [2.05, 4.69) is 0 Å². The second-order valence-electron chi connectivity index (χ2n) is 4.60. The summed E-state index contributed by atoms with van der Waals surface area (Å²) in [5.74, 6) is -0.521. The number of esters is 1. The van der Waals surface area contributed by atoms with Crippen LogP contribution in [0.2, 0.25) is 0 Å². The largest absolute Gasteiger partial charge is 0.458 e. The molecule has 0 aliphatic heterocycles. The maximum atomic E-state index is 11.6. The van der Waals surface area contributed by atoms with Gasteiger partial charge in [0.25, 0.3) is 5.69 Å². The molecule has 0 saturated carbocycles. The lowest BCUT2D eigenvalue weighted by Gasteiger charge is -2.02. The monoisotopic (exact) mass is 308 g/mol. The van der Waals surface area contributed by atoms with Crippen LogP contribution in [0.5, 0.6) is 0 Å². The van der Waals surface area contributed by atoms with Gasteiger partial charge in [0.2, 0.25) is 0 Å². The summed E-state index contributed by atoms with van der Waals surface area (Å²) in [5, 5.41) is 19.2. The number of ether oxygens (including phenoxy) is 1. The van der Waals surface area contributed by atoms with Crippen molar-refractivity contribution in [2.75, 3.05) is 0 Å². The van der Waals surface area contributed by atoms with Gasteiger partial charge in [-0.05, 0) is 41.5 Å². The first-order chi connectivity index (χ1) is 11.1. The van der Waals surface area contributed by atoms with Crippen LogP contribution in [0.1, 0.15) is 16.7 Å². The van der Waals surface area contributed by atoms with Crippen molar-refractivity contribution < 1.29 is 14.5 Å². The van der Waals surface area contributed by atoms with Crippen LogP contribution in [0.4, 0.5) is 5.69 Å². The highest BCUT2D eigenvalue weighted by Gasteiger charge is 2.03. The van der Waals surface area contributed by atoms with Gasteiger partial charge >= 0.3 is 5.97 Å². The highest BCUT2D eigenvalue weighted by atomic mass is 16.6. The summed E-state index contributed by atoms with van der Waals surface area (Å²) < 4.78 is 5.07. The Bertz CT molecular complexity index is 772. The molecular weight excluding hydrogens is 296 g/mol. The molecule has 2 aromatic rings. The molecule has 6 heteroatoms. The number of nitriles is 1. The van der Waals surface area contributed by atoms with Crippen LogP contribution < -0.4 is 0 Å². The fourth-order valence-electron chi connectivity index (χ4n) is 1.75. The molecule has 0 fully saturated rings. The van der Waals surface area contributed by atoms with Gasteiger partial charge in [-0.15, -0.1) is 0 Å². The first kappa shape index (κ1) is 15.9. The molecule has 0 N–H and O–H groups in total. The van der Waals surface area contributed by atoms with E-state index in [0.29, 0.717) is 11.1 Å². The number of carbonyl (C=O) groups excluding carboxylic acids is 1.